The number of carbonyl (C=O) groups excluding carboxylic acids is 1. The molecule has 0 saturated carbocycles. The van der Waals surface area contributed by atoms with Crippen molar-refractivity contribution in [1.82, 2.24) is 9.97 Å². The Bertz CT molecular complexity index is 1660. The molecule has 0 radical (unpaired) electrons. The maximum absolute atomic E-state index is 13.6. The van der Waals surface area contributed by atoms with E-state index in [9.17, 15) is 4.79 Å². The van der Waals surface area contributed by atoms with Crippen molar-refractivity contribution in [2.24, 2.45) is 4.99 Å². The normalized spacial score (nSPS) is 14.7. The van der Waals surface area contributed by atoms with Crippen LogP contribution in [0.1, 0.15) is 11.1 Å². The third-order valence-electron chi connectivity index (χ3n) is 5.87. The number of aromatic amines is 1. The zero-order valence-electron chi connectivity index (χ0n) is 19.8. The van der Waals surface area contributed by atoms with Gasteiger partial charge in [0.2, 0.25) is 5.95 Å². The number of hydrogen-bond donors (Lipinski definition) is 1. The first-order chi connectivity index (χ1) is 18.2. The lowest BCUT2D eigenvalue weighted by Gasteiger charge is -2.14. The van der Waals surface area contributed by atoms with Crippen LogP contribution in [0.5, 0.6) is 0 Å². The second kappa shape index (κ2) is 10.1. The summed E-state index contributed by atoms with van der Waals surface area (Å²) in [4.78, 5) is 30.2. The number of H-pyrrole nitrogens is 1. The zero-order valence-corrected chi connectivity index (χ0v) is 20.6. The maximum atomic E-state index is 13.6. The van der Waals surface area contributed by atoms with Crippen molar-refractivity contribution < 1.29 is 4.79 Å². The molecular weight excluding hydrogens is 476 g/mol. The molecule has 1 aliphatic rings. The van der Waals surface area contributed by atoms with Gasteiger partial charge in [0.05, 0.1) is 11.0 Å². The maximum Gasteiger partial charge on any atom is 0.285 e. The molecule has 5 nitrogen and oxygen atoms in total. The van der Waals surface area contributed by atoms with Gasteiger partial charge >= 0.3 is 0 Å². The molecule has 0 saturated heterocycles. The first-order valence-electron chi connectivity index (χ1n) is 11.9. The van der Waals surface area contributed by atoms with E-state index in [1.807, 2.05) is 103 Å². The Morgan fingerprint density at radius 1 is 0.784 bits per heavy atom. The zero-order chi connectivity index (χ0) is 25.0. The van der Waals surface area contributed by atoms with Crippen LogP contribution in [0.4, 0.5) is 5.95 Å². The minimum atomic E-state index is -0.227. The van der Waals surface area contributed by atoms with Crippen molar-refractivity contribution in [3.8, 4) is 0 Å². The minimum Gasteiger partial charge on any atom is -0.323 e. The van der Waals surface area contributed by atoms with Crippen LogP contribution in [0, 0.1) is 0 Å². The Kier molecular flexibility index (Phi) is 6.23. The van der Waals surface area contributed by atoms with Gasteiger partial charge < -0.3 is 4.98 Å². The minimum absolute atomic E-state index is 0.227. The Labute approximate surface area is 218 Å². The summed E-state index contributed by atoms with van der Waals surface area (Å²) in [6, 6.07) is 35.9. The molecule has 5 aromatic rings. The molecule has 1 amide bonds. The van der Waals surface area contributed by atoms with Crippen LogP contribution in [-0.4, -0.2) is 21.7 Å². The topological polar surface area (TPSA) is 61.4 Å². The van der Waals surface area contributed by atoms with Gasteiger partial charge in [-0.25, -0.2) is 14.9 Å². The molecule has 6 heteroatoms. The summed E-state index contributed by atoms with van der Waals surface area (Å²) in [5.41, 5.74) is 3.89. The number of aliphatic imine (C=N–C) groups is 1. The highest BCUT2D eigenvalue weighted by Gasteiger charge is 2.34. The molecule has 0 fully saturated rings. The average molecular weight is 499 g/mol. The highest BCUT2D eigenvalue weighted by molar-refractivity contribution is 7.99. The van der Waals surface area contributed by atoms with Crippen LogP contribution < -0.4 is 4.90 Å². The predicted molar refractivity (Wildman–Crippen MR) is 151 cm³/mol. The number of rotatable bonds is 6. The average Bonchev–Trinajstić information content (AvgIpc) is 3.50. The number of benzene rings is 4. The van der Waals surface area contributed by atoms with Crippen molar-refractivity contribution in [3.05, 3.63) is 138 Å². The quantitative estimate of drug-likeness (QED) is 0.254. The first kappa shape index (κ1) is 22.8. The fourth-order valence-corrected chi connectivity index (χ4v) is 4.97. The van der Waals surface area contributed by atoms with Gasteiger partial charge in [0.1, 0.15) is 5.70 Å². The molecule has 0 unspecified atom stereocenters. The molecule has 1 aromatic heterocycles. The SMILES string of the molecule is O=C1/C(=C\C=C\c2ccccc2)N=C(c2ccccc2)N1c1nc2ccc(Sc3ccccc3)cc2[nH]1. The Morgan fingerprint density at radius 2 is 1.49 bits per heavy atom. The van der Waals surface area contributed by atoms with E-state index < -0.39 is 0 Å². The highest BCUT2D eigenvalue weighted by atomic mass is 32.2. The number of aromatic nitrogens is 2. The van der Waals surface area contributed by atoms with E-state index in [-0.39, 0.29) is 5.91 Å². The van der Waals surface area contributed by atoms with Gasteiger partial charge in [0.15, 0.2) is 5.84 Å². The van der Waals surface area contributed by atoms with E-state index in [0.29, 0.717) is 17.5 Å². The third kappa shape index (κ3) is 4.87. The van der Waals surface area contributed by atoms with E-state index in [2.05, 4.69) is 23.2 Å². The number of hydrogen-bond acceptors (Lipinski definition) is 4. The molecule has 4 aromatic carbocycles. The van der Waals surface area contributed by atoms with Crippen LogP contribution in [0.2, 0.25) is 0 Å². The first-order valence-corrected chi connectivity index (χ1v) is 12.7. The number of nitrogens with one attached hydrogen (secondary N) is 1. The summed E-state index contributed by atoms with van der Waals surface area (Å²) in [5.74, 6) is 0.761. The lowest BCUT2D eigenvalue weighted by molar-refractivity contribution is -0.113. The summed E-state index contributed by atoms with van der Waals surface area (Å²) in [7, 11) is 0. The van der Waals surface area contributed by atoms with Crippen molar-refractivity contribution in [1.29, 1.82) is 0 Å². The Balaban J connectivity index is 1.35. The van der Waals surface area contributed by atoms with Crippen molar-refractivity contribution >= 4 is 46.6 Å². The lowest BCUT2D eigenvalue weighted by Crippen LogP contribution is -2.33. The number of anilines is 1. The molecule has 1 aliphatic heterocycles. The predicted octanol–water partition coefficient (Wildman–Crippen LogP) is 7.10. The highest BCUT2D eigenvalue weighted by Crippen LogP contribution is 2.31. The molecule has 0 spiro atoms. The van der Waals surface area contributed by atoms with Crippen LogP contribution in [0.25, 0.3) is 17.1 Å². The number of imidazole rings is 1. The number of fused-ring (bicyclic) bond motifs is 1. The Morgan fingerprint density at radius 3 is 2.24 bits per heavy atom. The van der Waals surface area contributed by atoms with Gasteiger partial charge in [0, 0.05) is 15.4 Å². The van der Waals surface area contributed by atoms with Gasteiger partial charge in [-0.05, 0) is 42.0 Å². The number of amidine groups is 1. The summed E-state index contributed by atoms with van der Waals surface area (Å²) in [6.45, 7) is 0. The van der Waals surface area contributed by atoms with Crippen LogP contribution >= 0.6 is 11.8 Å². The second-order valence-corrected chi connectivity index (χ2v) is 9.57. The van der Waals surface area contributed by atoms with Gasteiger partial charge in [0.25, 0.3) is 5.91 Å². The molecule has 0 atom stereocenters. The Hall–Kier alpha value is -4.68. The molecule has 0 aliphatic carbocycles. The van der Waals surface area contributed by atoms with Gasteiger partial charge in [-0.15, -0.1) is 0 Å². The van der Waals surface area contributed by atoms with Gasteiger partial charge in [-0.3, -0.25) is 4.79 Å². The number of nitrogens with zero attached hydrogens (tertiary/aromatic N) is 3. The molecule has 178 valence electrons. The van der Waals surface area contributed by atoms with Gasteiger partial charge in [-0.1, -0.05) is 103 Å². The summed E-state index contributed by atoms with van der Waals surface area (Å²) >= 11 is 1.68. The van der Waals surface area contributed by atoms with Crippen molar-refractivity contribution in [2.45, 2.75) is 9.79 Å². The van der Waals surface area contributed by atoms with Crippen LogP contribution in [0.15, 0.2) is 142 Å². The van der Waals surface area contributed by atoms with Crippen LogP contribution in [0.3, 0.4) is 0 Å². The van der Waals surface area contributed by atoms with Crippen molar-refractivity contribution in [3.63, 3.8) is 0 Å². The molecular formula is C31H22N4OS. The molecule has 6 rings (SSSR count). The third-order valence-corrected chi connectivity index (χ3v) is 6.86. The number of carbonyl (C=O) groups is 1. The van der Waals surface area contributed by atoms with Crippen LogP contribution in [-0.2, 0) is 4.79 Å². The van der Waals surface area contributed by atoms with E-state index in [4.69, 9.17) is 9.98 Å². The number of allylic oxidation sites excluding steroid dienone is 2. The second-order valence-electron chi connectivity index (χ2n) is 8.42. The summed E-state index contributed by atoms with van der Waals surface area (Å²) in [5, 5.41) is 0. The molecule has 0 bridgehead atoms. The van der Waals surface area contributed by atoms with E-state index >= 15 is 0 Å². The standard InChI is InChI=1S/C31H22N4OS/c36-30-27(18-10-13-22-11-4-1-5-12-22)32-29(23-14-6-2-7-15-23)35(30)31-33-26-20-19-25(21-28(26)34-31)37-24-16-8-3-9-17-24/h1-21H,(H,33,34)/b13-10+,27-18+. The largest absolute Gasteiger partial charge is 0.323 e. The van der Waals surface area contributed by atoms with Crippen molar-refractivity contribution in [2.75, 3.05) is 4.90 Å². The lowest BCUT2D eigenvalue weighted by atomic mass is 10.2. The summed E-state index contributed by atoms with van der Waals surface area (Å²) in [6.07, 6.45) is 5.55. The molecule has 2 heterocycles. The summed E-state index contributed by atoms with van der Waals surface area (Å²) < 4.78 is 0. The van der Waals surface area contributed by atoms with Gasteiger partial charge in [-0.2, -0.15) is 0 Å². The van der Waals surface area contributed by atoms with E-state index in [1.54, 1.807) is 22.7 Å². The molecule has 1 N–H and O–H groups in total. The van der Waals surface area contributed by atoms with E-state index in [0.717, 1.165) is 32.0 Å². The number of amides is 1. The fraction of sp³-hybridized carbons (Fsp3) is 0. The smallest absolute Gasteiger partial charge is 0.285 e. The monoisotopic (exact) mass is 498 g/mol. The van der Waals surface area contributed by atoms with E-state index in [1.165, 1.54) is 0 Å². The fourth-order valence-electron chi connectivity index (χ4n) is 4.09. The molecule has 37 heavy (non-hydrogen) atoms.